The van der Waals surface area contributed by atoms with Crippen LogP contribution in [0.2, 0.25) is 0 Å². The number of carboxylic acid groups (broad SMARTS) is 1. The quantitative estimate of drug-likeness (QED) is 0.0150. The zero-order valence-corrected chi connectivity index (χ0v) is 37.7. The highest BCUT2D eigenvalue weighted by molar-refractivity contribution is 7.47. The van der Waals surface area contributed by atoms with Crippen LogP contribution in [0.5, 0.6) is 0 Å². The van der Waals surface area contributed by atoms with Crippen molar-refractivity contribution >= 4 is 25.7 Å². The van der Waals surface area contributed by atoms with Crippen LogP contribution in [0.1, 0.15) is 136 Å². The number of hydrogen-bond acceptors (Lipinski definition) is 10. The third-order valence-electron chi connectivity index (χ3n) is 8.59. The van der Waals surface area contributed by atoms with E-state index >= 15 is 0 Å². The molecular weight excluding hydrogens is 797 g/mol. The molecule has 0 aromatic carbocycles. The summed E-state index contributed by atoms with van der Waals surface area (Å²) in [5.41, 5.74) is 5.32. The Labute approximate surface area is 366 Å². The molecule has 4 atom stereocenters. The van der Waals surface area contributed by atoms with Crippen LogP contribution in [0, 0.1) is 0 Å². The van der Waals surface area contributed by atoms with Crippen molar-refractivity contribution in [1.82, 2.24) is 0 Å². The minimum atomic E-state index is -4.77. The lowest BCUT2D eigenvalue weighted by Crippen LogP contribution is -2.34. The summed E-state index contributed by atoms with van der Waals surface area (Å²) in [6, 6.07) is -1.55. The largest absolute Gasteiger partial charge is 0.480 e. The van der Waals surface area contributed by atoms with Crippen molar-refractivity contribution < 1.29 is 52.6 Å². The maximum absolute atomic E-state index is 12.6. The maximum atomic E-state index is 12.6. The van der Waals surface area contributed by atoms with Gasteiger partial charge in [-0.2, -0.15) is 0 Å². The molecule has 0 radical (unpaired) electrons. The number of rotatable bonds is 39. The number of unbranched alkanes of at least 4 members (excludes halogenated alkanes) is 7. The molecule has 0 aliphatic heterocycles. The van der Waals surface area contributed by atoms with E-state index in [1.54, 1.807) is 6.08 Å². The highest BCUT2D eigenvalue weighted by Crippen LogP contribution is 2.43. The zero-order chi connectivity index (χ0) is 45.1. The fourth-order valence-electron chi connectivity index (χ4n) is 5.10. The van der Waals surface area contributed by atoms with Gasteiger partial charge in [0.05, 0.1) is 19.3 Å². The van der Waals surface area contributed by atoms with Crippen LogP contribution in [0.15, 0.2) is 109 Å². The average Bonchev–Trinajstić information content (AvgIpc) is 3.23. The first-order valence-electron chi connectivity index (χ1n) is 22.0. The Morgan fingerprint density at radius 1 is 0.607 bits per heavy atom. The molecule has 0 spiro atoms. The van der Waals surface area contributed by atoms with Crippen LogP contribution in [-0.4, -0.2) is 71.1 Å². The summed E-state index contributed by atoms with van der Waals surface area (Å²) in [6.07, 6.45) is 50.4. The van der Waals surface area contributed by atoms with Gasteiger partial charge in [-0.1, -0.05) is 142 Å². The van der Waals surface area contributed by atoms with E-state index in [-0.39, 0.29) is 12.8 Å². The summed E-state index contributed by atoms with van der Waals surface area (Å²) in [5, 5.41) is 19.0. The normalized spacial score (nSPS) is 15.2. The average molecular weight is 874 g/mol. The number of phosphoric ester groups is 1. The van der Waals surface area contributed by atoms with E-state index < -0.39 is 63.8 Å². The first-order valence-corrected chi connectivity index (χ1v) is 23.5. The fourth-order valence-corrected chi connectivity index (χ4v) is 5.88. The van der Waals surface area contributed by atoms with Crippen molar-refractivity contribution in [3.8, 4) is 0 Å². The van der Waals surface area contributed by atoms with Crippen LogP contribution >= 0.6 is 7.82 Å². The minimum Gasteiger partial charge on any atom is -0.480 e. The third-order valence-corrected chi connectivity index (χ3v) is 9.54. The molecule has 5 N–H and O–H groups in total. The van der Waals surface area contributed by atoms with E-state index in [2.05, 4.69) is 85.2 Å². The molecule has 12 nitrogen and oxygen atoms in total. The predicted molar refractivity (Wildman–Crippen MR) is 246 cm³/mol. The topological polar surface area (TPSA) is 192 Å². The molecule has 0 aromatic rings. The van der Waals surface area contributed by atoms with E-state index in [1.165, 1.54) is 19.3 Å². The minimum absolute atomic E-state index is 0.0366. The molecule has 0 saturated heterocycles. The highest BCUT2D eigenvalue weighted by Gasteiger charge is 2.28. The molecule has 61 heavy (non-hydrogen) atoms. The van der Waals surface area contributed by atoms with Crippen molar-refractivity contribution in [2.24, 2.45) is 5.73 Å². The molecule has 13 heteroatoms. The number of esters is 2. The summed E-state index contributed by atoms with van der Waals surface area (Å²) in [6.45, 7) is 2.46. The first-order chi connectivity index (χ1) is 29.5. The molecule has 0 aliphatic rings. The number of phosphoric acid groups is 1. The van der Waals surface area contributed by atoms with Gasteiger partial charge in [-0.25, -0.2) is 4.57 Å². The molecule has 0 heterocycles. The summed E-state index contributed by atoms with van der Waals surface area (Å²) < 4.78 is 32.6. The second-order valence-electron chi connectivity index (χ2n) is 14.3. The number of aliphatic hydroxyl groups is 1. The Kier molecular flexibility index (Phi) is 38.8. The van der Waals surface area contributed by atoms with Crippen LogP contribution in [0.25, 0.3) is 0 Å². The van der Waals surface area contributed by atoms with Gasteiger partial charge >= 0.3 is 25.7 Å². The lowest BCUT2D eigenvalue weighted by atomic mass is 10.1. The first kappa shape index (κ1) is 57.1. The Morgan fingerprint density at radius 3 is 1.74 bits per heavy atom. The van der Waals surface area contributed by atoms with Crippen LogP contribution in [0.4, 0.5) is 0 Å². The number of hydrogen-bond donors (Lipinski definition) is 4. The number of nitrogens with two attached hydrogens (primary N) is 1. The Balaban J connectivity index is 4.59. The molecular formula is C48H76NO11P. The Bertz CT molecular complexity index is 1460. The molecule has 0 aliphatic carbocycles. The van der Waals surface area contributed by atoms with Gasteiger partial charge in [-0.05, 0) is 89.9 Å². The predicted octanol–water partition coefficient (Wildman–Crippen LogP) is 10.8. The molecule has 0 fully saturated rings. The van der Waals surface area contributed by atoms with Crippen LogP contribution in [-0.2, 0) is 37.5 Å². The second-order valence-corrected chi connectivity index (χ2v) is 15.7. The lowest BCUT2D eigenvalue weighted by molar-refractivity contribution is -0.161. The van der Waals surface area contributed by atoms with Crippen LogP contribution < -0.4 is 5.73 Å². The molecule has 0 saturated carbocycles. The van der Waals surface area contributed by atoms with E-state index in [9.17, 15) is 28.9 Å². The fraction of sp³-hybridized carbons (Fsp3) is 0.562. The molecule has 0 rings (SSSR count). The highest BCUT2D eigenvalue weighted by atomic mass is 31.2. The summed E-state index contributed by atoms with van der Waals surface area (Å²) in [7, 11) is -4.77. The molecule has 0 bridgehead atoms. The van der Waals surface area contributed by atoms with Gasteiger partial charge in [0.2, 0.25) is 0 Å². The van der Waals surface area contributed by atoms with E-state index in [4.69, 9.17) is 24.8 Å². The number of aliphatic hydroxyl groups excluding tert-OH is 1. The number of allylic oxidation sites excluding steroid dienone is 16. The van der Waals surface area contributed by atoms with Gasteiger partial charge in [-0.3, -0.25) is 23.4 Å². The van der Waals surface area contributed by atoms with Gasteiger partial charge in [0.15, 0.2) is 6.10 Å². The maximum Gasteiger partial charge on any atom is 0.472 e. The summed E-state index contributed by atoms with van der Waals surface area (Å²) in [4.78, 5) is 46.0. The van der Waals surface area contributed by atoms with Gasteiger partial charge in [0.1, 0.15) is 12.6 Å². The van der Waals surface area contributed by atoms with E-state index in [1.807, 2.05) is 36.5 Å². The standard InChI is InChI=1S/C48H76NO11P/c1-3-5-7-9-11-12-13-14-15-16-17-18-19-20-21-22-26-30-34-38-46(51)57-40-44(41-58-61(55,56)59-42-45(49)48(53)54)60-47(52)39-35-31-27-23-25-29-33-37-43(50)36-32-28-24-10-8-6-4-2/h5,7,11-12,14-15,17-18,20-21,23-24,27-29,32-33,36,43-45,50H,3-4,6,8-10,13,16,19,22,25-26,30-31,34-35,37-42,49H2,1-2H3,(H,53,54)(H,55,56)/b7-5-,12-11-,15-14-,18-17-,21-20-,27-23+,28-24-,33-29-,36-32-/t43-,44+,45-/m0/s1. The summed E-state index contributed by atoms with van der Waals surface area (Å²) >= 11 is 0. The van der Waals surface area contributed by atoms with Crippen molar-refractivity contribution in [1.29, 1.82) is 0 Å². The van der Waals surface area contributed by atoms with Gasteiger partial charge < -0.3 is 30.3 Å². The number of aliphatic carboxylic acids is 1. The molecule has 0 aromatic heterocycles. The van der Waals surface area contributed by atoms with E-state index in [0.29, 0.717) is 32.1 Å². The second kappa shape index (κ2) is 41.5. The lowest BCUT2D eigenvalue weighted by Gasteiger charge is -2.20. The number of carboxylic acids is 1. The Hall–Kier alpha value is -3.90. The van der Waals surface area contributed by atoms with Gasteiger partial charge in [-0.15, -0.1) is 0 Å². The molecule has 0 amide bonds. The number of carbonyl (C=O) groups is 3. The summed E-state index contributed by atoms with van der Waals surface area (Å²) in [5.74, 6) is -2.56. The zero-order valence-electron chi connectivity index (χ0n) is 36.8. The van der Waals surface area contributed by atoms with Gasteiger partial charge in [0.25, 0.3) is 0 Å². The molecule has 344 valence electrons. The SMILES string of the molecule is CC/C=C\C/C=C\C/C=C\C/C=C\C/C=C\CCCCCC(=O)OC[C@H](COP(=O)(O)OC[C@H](N)C(=O)O)OC(=O)CCC/C=C/C/C=C\C[C@@H](O)/C=C\C=C/CCCCC. The van der Waals surface area contributed by atoms with Crippen LogP contribution in [0.3, 0.4) is 0 Å². The van der Waals surface area contributed by atoms with Gasteiger partial charge in [0, 0.05) is 12.8 Å². The Morgan fingerprint density at radius 2 is 1.13 bits per heavy atom. The van der Waals surface area contributed by atoms with Crippen molar-refractivity contribution in [3.05, 3.63) is 109 Å². The van der Waals surface area contributed by atoms with Crippen molar-refractivity contribution in [3.63, 3.8) is 0 Å². The smallest absolute Gasteiger partial charge is 0.472 e. The van der Waals surface area contributed by atoms with E-state index in [0.717, 1.165) is 57.8 Å². The monoisotopic (exact) mass is 874 g/mol. The van der Waals surface area contributed by atoms with Crippen molar-refractivity contribution in [2.75, 3.05) is 19.8 Å². The number of ether oxygens (including phenoxy) is 2. The third kappa shape index (κ3) is 41.2. The number of carbonyl (C=O) groups excluding carboxylic acids is 2. The van der Waals surface area contributed by atoms with Crippen molar-refractivity contribution in [2.45, 2.75) is 154 Å². The molecule has 1 unspecified atom stereocenters.